The number of halogens is 1. The zero-order valence-corrected chi connectivity index (χ0v) is 11.0. The Morgan fingerprint density at radius 2 is 1.85 bits per heavy atom. The Bertz CT molecular complexity index is 123. The summed E-state index contributed by atoms with van der Waals surface area (Å²) < 4.78 is 0. The predicted molar refractivity (Wildman–Crippen MR) is 66.2 cm³/mol. The first-order valence-electron chi connectivity index (χ1n) is 5.43. The van der Waals surface area contributed by atoms with Gasteiger partial charge in [-0.3, -0.25) is 0 Å². The zero-order chi connectivity index (χ0) is 10.1. The molecule has 0 amide bonds. The van der Waals surface area contributed by atoms with Crippen LogP contribution >= 0.6 is 11.1 Å². The summed E-state index contributed by atoms with van der Waals surface area (Å²) in [6, 6.07) is 1.31. The topological polar surface area (TPSA) is 0 Å². The van der Waals surface area contributed by atoms with Gasteiger partial charge in [0.05, 0.1) is 0 Å². The SMILES string of the molecule is C=CCCCCCC[SiH](Cl)C(C)C. The lowest BCUT2D eigenvalue weighted by Gasteiger charge is -2.10. The summed E-state index contributed by atoms with van der Waals surface area (Å²) in [5.74, 6) is 0. The molecule has 0 heterocycles. The molecule has 0 aromatic heterocycles. The van der Waals surface area contributed by atoms with Crippen LogP contribution in [0.1, 0.15) is 46.0 Å². The minimum atomic E-state index is -0.882. The van der Waals surface area contributed by atoms with Gasteiger partial charge in [0, 0.05) is 0 Å². The summed E-state index contributed by atoms with van der Waals surface area (Å²) in [5, 5.41) is 0. The number of rotatable bonds is 8. The molecule has 0 fully saturated rings. The highest BCUT2D eigenvalue weighted by molar-refractivity contribution is 7.07. The van der Waals surface area contributed by atoms with E-state index in [2.05, 4.69) is 20.4 Å². The molecule has 0 aliphatic rings. The van der Waals surface area contributed by atoms with Crippen molar-refractivity contribution in [2.75, 3.05) is 0 Å². The first-order valence-corrected chi connectivity index (χ1v) is 8.66. The van der Waals surface area contributed by atoms with E-state index in [9.17, 15) is 0 Å². The fourth-order valence-corrected chi connectivity index (χ4v) is 3.12. The molecule has 13 heavy (non-hydrogen) atoms. The molecule has 2 heteroatoms. The van der Waals surface area contributed by atoms with Gasteiger partial charge in [0.2, 0.25) is 0 Å². The number of unbranched alkanes of at least 4 members (excludes halogenated alkanes) is 4. The van der Waals surface area contributed by atoms with Crippen LogP contribution in [0.4, 0.5) is 0 Å². The van der Waals surface area contributed by atoms with Gasteiger partial charge in [-0.05, 0) is 24.4 Å². The van der Waals surface area contributed by atoms with Crippen LogP contribution in [0.2, 0.25) is 11.6 Å². The first kappa shape index (κ1) is 13.2. The molecule has 0 radical (unpaired) electrons. The van der Waals surface area contributed by atoms with Gasteiger partial charge in [-0.15, -0.1) is 6.58 Å². The average Bonchev–Trinajstić information content (AvgIpc) is 2.10. The van der Waals surface area contributed by atoms with Crippen LogP contribution in [0.5, 0.6) is 0 Å². The molecule has 0 saturated carbocycles. The lowest BCUT2D eigenvalue weighted by Crippen LogP contribution is -2.07. The molecule has 0 aliphatic heterocycles. The van der Waals surface area contributed by atoms with E-state index in [0.29, 0.717) is 0 Å². The highest BCUT2D eigenvalue weighted by atomic mass is 35.6. The molecule has 0 aromatic rings. The number of hydrogen-bond donors (Lipinski definition) is 0. The van der Waals surface area contributed by atoms with E-state index in [1.165, 1.54) is 38.1 Å². The van der Waals surface area contributed by atoms with Gasteiger partial charge < -0.3 is 0 Å². The summed E-state index contributed by atoms with van der Waals surface area (Å²) >= 11 is 6.28. The van der Waals surface area contributed by atoms with Crippen molar-refractivity contribution < 1.29 is 0 Å². The maximum atomic E-state index is 6.28. The Kier molecular flexibility index (Phi) is 9.00. The second-order valence-corrected chi connectivity index (χ2v) is 8.66. The van der Waals surface area contributed by atoms with Crippen molar-refractivity contribution in [3.05, 3.63) is 12.7 Å². The monoisotopic (exact) mass is 218 g/mol. The molecule has 0 bridgehead atoms. The van der Waals surface area contributed by atoms with Crippen molar-refractivity contribution in [2.24, 2.45) is 0 Å². The fraction of sp³-hybridized carbons (Fsp3) is 0.818. The number of allylic oxidation sites excluding steroid dienone is 1. The molecule has 0 aromatic carbocycles. The van der Waals surface area contributed by atoms with Gasteiger partial charge in [0.1, 0.15) is 8.11 Å². The standard InChI is InChI=1S/C11H23ClSi/c1-4-5-6-7-8-9-10-13(12)11(2)3/h4,11,13H,1,5-10H2,2-3H3. The number of hydrogen-bond acceptors (Lipinski definition) is 0. The van der Waals surface area contributed by atoms with Crippen molar-refractivity contribution in [3.63, 3.8) is 0 Å². The molecule has 0 nitrogen and oxygen atoms in total. The summed E-state index contributed by atoms with van der Waals surface area (Å²) in [4.78, 5) is 0. The van der Waals surface area contributed by atoms with E-state index in [4.69, 9.17) is 11.1 Å². The summed E-state index contributed by atoms with van der Waals surface area (Å²) in [6.07, 6.45) is 8.54. The molecule has 78 valence electrons. The van der Waals surface area contributed by atoms with Crippen LogP contribution in [0.25, 0.3) is 0 Å². The van der Waals surface area contributed by atoms with Crippen molar-refractivity contribution in [1.82, 2.24) is 0 Å². The van der Waals surface area contributed by atoms with Crippen LogP contribution in [-0.2, 0) is 0 Å². The molecule has 0 rings (SSSR count). The molecule has 1 unspecified atom stereocenters. The average molecular weight is 219 g/mol. The third kappa shape index (κ3) is 8.57. The van der Waals surface area contributed by atoms with Gasteiger partial charge in [-0.25, -0.2) is 0 Å². The van der Waals surface area contributed by atoms with Crippen LogP contribution < -0.4 is 0 Å². The molecule has 0 aliphatic carbocycles. The van der Waals surface area contributed by atoms with Gasteiger partial charge in [-0.1, -0.05) is 39.2 Å². The normalized spacial score (nSPS) is 13.2. The van der Waals surface area contributed by atoms with Crippen molar-refractivity contribution in [1.29, 1.82) is 0 Å². The molecule has 0 saturated heterocycles. The quantitative estimate of drug-likeness (QED) is 0.244. The molecular formula is C11H23ClSi. The molecule has 0 spiro atoms. The Labute approximate surface area is 89.7 Å². The minimum absolute atomic E-state index is 0.759. The second-order valence-electron chi connectivity index (χ2n) is 4.04. The Hall–Kier alpha value is 0.247. The van der Waals surface area contributed by atoms with E-state index in [1.807, 2.05) is 6.08 Å². The Balaban J connectivity index is 3.11. The third-order valence-corrected chi connectivity index (χ3v) is 6.93. The van der Waals surface area contributed by atoms with Crippen molar-refractivity contribution in [3.8, 4) is 0 Å². The van der Waals surface area contributed by atoms with Crippen LogP contribution in [0.3, 0.4) is 0 Å². The maximum Gasteiger partial charge on any atom is 0.143 e. The predicted octanol–water partition coefficient (Wildman–Crippen LogP) is 4.50. The zero-order valence-electron chi connectivity index (χ0n) is 9.06. The highest BCUT2D eigenvalue weighted by Gasteiger charge is 2.10. The van der Waals surface area contributed by atoms with Gasteiger partial charge in [0.15, 0.2) is 0 Å². The van der Waals surface area contributed by atoms with E-state index >= 15 is 0 Å². The van der Waals surface area contributed by atoms with E-state index < -0.39 is 8.11 Å². The molecule has 1 atom stereocenters. The minimum Gasteiger partial charge on any atom is -0.171 e. The third-order valence-electron chi connectivity index (χ3n) is 2.36. The summed E-state index contributed by atoms with van der Waals surface area (Å²) in [5.41, 5.74) is 0.759. The van der Waals surface area contributed by atoms with Crippen LogP contribution in [0.15, 0.2) is 12.7 Å². The summed E-state index contributed by atoms with van der Waals surface area (Å²) in [6.45, 7) is 8.22. The van der Waals surface area contributed by atoms with E-state index in [-0.39, 0.29) is 0 Å². The lowest BCUT2D eigenvalue weighted by molar-refractivity contribution is 0.671. The fourth-order valence-electron chi connectivity index (χ4n) is 1.31. The molecule has 0 N–H and O–H groups in total. The Morgan fingerprint density at radius 3 is 2.38 bits per heavy atom. The highest BCUT2D eigenvalue weighted by Crippen LogP contribution is 2.18. The summed E-state index contributed by atoms with van der Waals surface area (Å²) in [7, 11) is -0.882. The van der Waals surface area contributed by atoms with Gasteiger partial charge in [-0.2, -0.15) is 11.1 Å². The smallest absolute Gasteiger partial charge is 0.143 e. The van der Waals surface area contributed by atoms with Crippen molar-refractivity contribution in [2.45, 2.75) is 57.5 Å². The van der Waals surface area contributed by atoms with E-state index in [0.717, 1.165) is 5.54 Å². The van der Waals surface area contributed by atoms with Gasteiger partial charge in [0.25, 0.3) is 0 Å². The first-order chi connectivity index (χ1) is 6.18. The largest absolute Gasteiger partial charge is 0.171 e. The Morgan fingerprint density at radius 1 is 1.23 bits per heavy atom. The lowest BCUT2D eigenvalue weighted by atomic mass is 10.1. The second kappa shape index (κ2) is 8.83. The van der Waals surface area contributed by atoms with Gasteiger partial charge >= 0.3 is 0 Å². The van der Waals surface area contributed by atoms with Crippen LogP contribution in [-0.4, -0.2) is 8.11 Å². The molecular weight excluding hydrogens is 196 g/mol. The van der Waals surface area contributed by atoms with Crippen molar-refractivity contribution >= 4 is 19.2 Å². The maximum absolute atomic E-state index is 6.28. The van der Waals surface area contributed by atoms with Crippen LogP contribution in [0, 0.1) is 0 Å². The van der Waals surface area contributed by atoms with E-state index in [1.54, 1.807) is 0 Å².